The van der Waals surface area contributed by atoms with E-state index in [0.29, 0.717) is 11.3 Å². The fourth-order valence-electron chi connectivity index (χ4n) is 3.86. The highest BCUT2D eigenvalue weighted by molar-refractivity contribution is 7.92. The average molecular weight is 510 g/mol. The van der Waals surface area contributed by atoms with Crippen LogP contribution in [0.1, 0.15) is 50.7 Å². The van der Waals surface area contributed by atoms with E-state index in [0.717, 1.165) is 11.1 Å². The molecule has 4 aromatic rings. The van der Waals surface area contributed by atoms with Crippen LogP contribution in [0.3, 0.4) is 0 Å². The lowest BCUT2D eigenvalue weighted by molar-refractivity contribution is 0.420. The van der Waals surface area contributed by atoms with Gasteiger partial charge in [0.1, 0.15) is 4.90 Å². The minimum absolute atomic E-state index is 0.0257. The van der Waals surface area contributed by atoms with Gasteiger partial charge in [-0.15, -0.1) is 0 Å². The quantitative estimate of drug-likeness (QED) is 0.320. The van der Waals surface area contributed by atoms with Crippen LogP contribution in [0.15, 0.2) is 65.8 Å². The highest BCUT2D eigenvalue weighted by atomic mass is 32.2. The summed E-state index contributed by atoms with van der Waals surface area (Å²) in [5.74, 6) is -0.658. The molecule has 0 saturated carbocycles. The predicted octanol–water partition coefficient (Wildman–Crippen LogP) is 5.86. The van der Waals surface area contributed by atoms with Crippen LogP contribution in [-0.4, -0.2) is 28.2 Å². The molecular weight excluding hydrogens is 481 g/mol. The van der Waals surface area contributed by atoms with Crippen molar-refractivity contribution in [3.63, 3.8) is 0 Å². The minimum atomic E-state index is -4.04. The van der Waals surface area contributed by atoms with E-state index >= 15 is 0 Å². The van der Waals surface area contributed by atoms with Crippen molar-refractivity contribution in [1.82, 2.24) is 19.7 Å². The van der Waals surface area contributed by atoms with Gasteiger partial charge < -0.3 is 4.74 Å². The molecule has 0 aliphatic rings. The van der Waals surface area contributed by atoms with Crippen LogP contribution in [-0.2, 0) is 17.1 Å². The minimum Gasteiger partial charge on any atom is -0.435 e. The van der Waals surface area contributed by atoms with Gasteiger partial charge in [-0.2, -0.15) is 10.1 Å². The topological polar surface area (TPSA) is 99.0 Å². The van der Waals surface area contributed by atoms with Gasteiger partial charge in [-0.3, -0.25) is 4.68 Å². The lowest BCUT2D eigenvalue weighted by atomic mass is 9.91. The molecule has 0 atom stereocenters. The molecule has 2 aromatic carbocycles. The van der Waals surface area contributed by atoms with Gasteiger partial charge in [0, 0.05) is 24.4 Å². The maximum atomic E-state index is 14.5. The predicted molar refractivity (Wildman–Crippen MR) is 136 cm³/mol. The van der Waals surface area contributed by atoms with Crippen LogP contribution in [0.2, 0.25) is 0 Å². The molecule has 0 spiro atoms. The van der Waals surface area contributed by atoms with E-state index in [1.807, 2.05) is 38.1 Å². The van der Waals surface area contributed by atoms with E-state index in [1.165, 1.54) is 29.2 Å². The third kappa shape index (κ3) is 5.23. The molecule has 1 N–H and O–H groups in total. The van der Waals surface area contributed by atoms with Crippen LogP contribution in [0.5, 0.6) is 11.6 Å². The van der Waals surface area contributed by atoms with Crippen molar-refractivity contribution >= 4 is 16.0 Å². The number of benzene rings is 2. The molecule has 0 aliphatic heterocycles. The highest BCUT2D eigenvalue weighted by Crippen LogP contribution is 2.40. The molecule has 2 aromatic heterocycles. The molecule has 4 rings (SSSR count). The Morgan fingerprint density at radius 2 is 1.67 bits per heavy atom. The number of halogens is 1. The first-order chi connectivity index (χ1) is 17.1. The summed E-state index contributed by atoms with van der Waals surface area (Å²) in [6.07, 6.45) is 2.60. The van der Waals surface area contributed by atoms with E-state index in [2.05, 4.69) is 33.6 Å². The molecule has 2 heterocycles. The number of nitrogens with one attached hydrogen (secondary N) is 1. The Bertz CT molecular complexity index is 1500. The third-order valence-corrected chi connectivity index (χ3v) is 6.87. The Labute approximate surface area is 210 Å². The zero-order valence-corrected chi connectivity index (χ0v) is 21.5. The average Bonchev–Trinajstić information content (AvgIpc) is 3.27. The van der Waals surface area contributed by atoms with Crippen molar-refractivity contribution in [2.24, 2.45) is 7.05 Å². The maximum Gasteiger partial charge on any atom is 0.267 e. The van der Waals surface area contributed by atoms with E-state index in [9.17, 15) is 12.8 Å². The fourth-order valence-corrected chi connectivity index (χ4v) is 4.79. The second-order valence-electron chi connectivity index (χ2n) is 9.00. The van der Waals surface area contributed by atoms with Gasteiger partial charge >= 0.3 is 0 Å². The molecular formula is C26H28FN5O3S. The number of ether oxygens (including phenoxy) is 1. The maximum absolute atomic E-state index is 14.5. The summed E-state index contributed by atoms with van der Waals surface area (Å²) in [6, 6.07) is 13.7. The number of nitrogens with zero attached hydrogens (tertiary/aromatic N) is 4. The molecule has 0 fully saturated rings. The van der Waals surface area contributed by atoms with Crippen molar-refractivity contribution in [2.75, 3.05) is 4.72 Å². The number of aryl methyl sites for hydroxylation is 1. The number of rotatable bonds is 8. The van der Waals surface area contributed by atoms with E-state index in [-0.39, 0.29) is 34.3 Å². The zero-order valence-electron chi connectivity index (χ0n) is 20.7. The van der Waals surface area contributed by atoms with Crippen molar-refractivity contribution in [3.8, 4) is 22.9 Å². The van der Waals surface area contributed by atoms with Gasteiger partial charge in [-0.05, 0) is 29.5 Å². The summed E-state index contributed by atoms with van der Waals surface area (Å²) in [6.45, 7) is 8.04. The van der Waals surface area contributed by atoms with Gasteiger partial charge in [0.15, 0.2) is 11.6 Å². The van der Waals surface area contributed by atoms with Crippen LogP contribution < -0.4 is 9.46 Å². The number of para-hydroxylation sites is 1. The molecule has 0 aliphatic carbocycles. The first-order valence-corrected chi connectivity index (χ1v) is 13.0. The number of aromatic nitrogens is 4. The molecule has 0 unspecified atom stereocenters. The molecule has 0 radical (unpaired) electrons. The van der Waals surface area contributed by atoms with Gasteiger partial charge in [0.25, 0.3) is 10.0 Å². The van der Waals surface area contributed by atoms with Crippen molar-refractivity contribution in [1.29, 1.82) is 0 Å². The zero-order chi connectivity index (χ0) is 26.0. The Morgan fingerprint density at radius 3 is 2.31 bits per heavy atom. The smallest absolute Gasteiger partial charge is 0.267 e. The van der Waals surface area contributed by atoms with Crippen LogP contribution >= 0.6 is 0 Å². The second kappa shape index (κ2) is 10.1. The van der Waals surface area contributed by atoms with Crippen molar-refractivity contribution < 1.29 is 17.5 Å². The summed E-state index contributed by atoms with van der Waals surface area (Å²) in [7, 11) is -2.42. The summed E-state index contributed by atoms with van der Waals surface area (Å²) in [5, 5.41) is 3.93. The van der Waals surface area contributed by atoms with Crippen molar-refractivity contribution in [3.05, 3.63) is 77.9 Å². The van der Waals surface area contributed by atoms with E-state index in [4.69, 9.17) is 4.74 Å². The highest BCUT2D eigenvalue weighted by Gasteiger charge is 2.26. The molecule has 36 heavy (non-hydrogen) atoms. The Balaban J connectivity index is 1.94. The van der Waals surface area contributed by atoms with E-state index < -0.39 is 15.8 Å². The number of hydrogen-bond donors (Lipinski definition) is 1. The molecule has 188 valence electrons. The lowest BCUT2D eigenvalue weighted by Gasteiger charge is -2.21. The Kier molecular flexibility index (Phi) is 7.07. The van der Waals surface area contributed by atoms with Crippen LogP contribution in [0.25, 0.3) is 11.3 Å². The summed E-state index contributed by atoms with van der Waals surface area (Å²) < 4.78 is 50.3. The Morgan fingerprint density at radius 1 is 0.972 bits per heavy atom. The van der Waals surface area contributed by atoms with Gasteiger partial charge in [0.05, 0.1) is 11.9 Å². The molecule has 0 amide bonds. The molecule has 8 nitrogen and oxygen atoms in total. The SMILES string of the molecule is CC(C)c1ccccc1-c1nc(NS(=O)(=O)c2cnn(C)c2)nc(Oc2ccccc2F)c1C(C)C. The summed E-state index contributed by atoms with van der Waals surface area (Å²) in [4.78, 5) is 9.00. The largest absolute Gasteiger partial charge is 0.435 e. The van der Waals surface area contributed by atoms with Gasteiger partial charge in [-0.1, -0.05) is 64.1 Å². The first kappa shape index (κ1) is 25.3. The normalized spacial score (nSPS) is 11.8. The van der Waals surface area contributed by atoms with Crippen LogP contribution in [0.4, 0.5) is 10.3 Å². The molecule has 0 bridgehead atoms. The van der Waals surface area contributed by atoms with Gasteiger partial charge in [0.2, 0.25) is 11.8 Å². The van der Waals surface area contributed by atoms with Crippen molar-refractivity contribution in [2.45, 2.75) is 44.4 Å². The monoisotopic (exact) mass is 509 g/mol. The van der Waals surface area contributed by atoms with Crippen LogP contribution in [0, 0.1) is 5.82 Å². The number of anilines is 1. The number of hydrogen-bond acceptors (Lipinski definition) is 6. The lowest BCUT2D eigenvalue weighted by Crippen LogP contribution is -2.16. The second-order valence-corrected chi connectivity index (χ2v) is 10.7. The fraction of sp³-hybridized carbons (Fsp3) is 0.269. The van der Waals surface area contributed by atoms with E-state index in [1.54, 1.807) is 19.2 Å². The Hall–Kier alpha value is -3.79. The number of sulfonamides is 1. The first-order valence-electron chi connectivity index (χ1n) is 11.5. The molecule has 0 saturated heterocycles. The standard InChI is InChI=1S/C26H28FN5O3S/c1-16(2)19-10-6-7-11-20(19)24-23(17(3)4)25(35-22-13-9-8-12-21(22)27)30-26(29-24)31-36(33,34)18-14-28-32(5)15-18/h6-17H,1-5H3,(H,29,30,31). The summed E-state index contributed by atoms with van der Waals surface area (Å²) in [5.41, 5.74) is 2.99. The van der Waals surface area contributed by atoms with Gasteiger partial charge in [-0.25, -0.2) is 22.5 Å². The molecule has 10 heteroatoms. The summed E-state index contributed by atoms with van der Waals surface area (Å²) >= 11 is 0. The third-order valence-electron chi connectivity index (χ3n) is 5.59.